The summed E-state index contributed by atoms with van der Waals surface area (Å²) in [4.78, 5) is -0.985. The van der Waals surface area contributed by atoms with Crippen LogP contribution in [0.1, 0.15) is 5.56 Å². The van der Waals surface area contributed by atoms with Gasteiger partial charge >= 0.3 is 0 Å². The highest BCUT2D eigenvalue weighted by atomic mass is 35.5. The molecule has 0 aromatic heterocycles. The fourth-order valence-corrected chi connectivity index (χ4v) is 0.841. The van der Waals surface area contributed by atoms with Crippen molar-refractivity contribution in [1.82, 2.24) is 0 Å². The van der Waals surface area contributed by atoms with Crippen molar-refractivity contribution >= 4 is 11.6 Å². The number of hydrogen-bond acceptors (Lipinski definition) is 1. The third-order valence-corrected chi connectivity index (χ3v) is 1.47. The third-order valence-electron chi connectivity index (χ3n) is 1.25. The summed E-state index contributed by atoms with van der Waals surface area (Å²) in [6.45, 7) is 3.58. The average Bonchev–Trinajstić information content (AvgIpc) is 1.88. The van der Waals surface area contributed by atoms with Gasteiger partial charge in [-0.25, -0.2) is 0 Å². The molecule has 0 spiro atoms. The van der Waals surface area contributed by atoms with E-state index in [1.54, 1.807) is 0 Å². The van der Waals surface area contributed by atoms with Crippen LogP contribution in [0.25, 0.3) is 0 Å². The summed E-state index contributed by atoms with van der Waals surface area (Å²) in [6, 6.07) is 9.36. The molecular weight excluding hydrogens is 146 g/mol. The van der Waals surface area contributed by atoms with Crippen LogP contribution in [0.2, 0.25) is 0 Å². The lowest BCUT2D eigenvalue weighted by Crippen LogP contribution is -2.25. The van der Waals surface area contributed by atoms with Crippen LogP contribution in [0, 0.1) is 6.92 Å². The van der Waals surface area contributed by atoms with Crippen molar-refractivity contribution in [2.45, 2.75) is 5.00 Å². The van der Waals surface area contributed by atoms with Crippen molar-refractivity contribution in [3.63, 3.8) is 0 Å². The van der Waals surface area contributed by atoms with Gasteiger partial charge in [-0.3, -0.25) is 0 Å². The maximum absolute atomic E-state index is 5.73. The van der Waals surface area contributed by atoms with Crippen LogP contribution >= 0.6 is 11.6 Å². The van der Waals surface area contributed by atoms with Crippen molar-refractivity contribution in [3.05, 3.63) is 42.8 Å². The van der Waals surface area contributed by atoms with Gasteiger partial charge < -0.3 is 5.73 Å². The van der Waals surface area contributed by atoms with Crippen molar-refractivity contribution < 1.29 is 0 Å². The summed E-state index contributed by atoms with van der Waals surface area (Å²) < 4.78 is 0. The Morgan fingerprint density at radius 1 is 1.30 bits per heavy atom. The number of alkyl halides is 1. The second-order valence-corrected chi connectivity index (χ2v) is 2.90. The molecule has 2 heteroatoms. The van der Waals surface area contributed by atoms with Gasteiger partial charge in [-0.15, -0.1) is 0 Å². The monoisotopic (exact) mass is 154 g/mol. The minimum Gasteiger partial charge on any atom is -0.309 e. The molecule has 1 unspecified atom stereocenters. The van der Waals surface area contributed by atoms with Crippen LogP contribution in [-0.4, -0.2) is 0 Å². The predicted molar refractivity (Wildman–Crippen MR) is 43.5 cm³/mol. The molecule has 1 aromatic carbocycles. The fraction of sp³-hybridized carbons (Fsp3) is 0.125. The molecule has 0 aliphatic heterocycles. The molecule has 0 heterocycles. The molecule has 0 aliphatic carbocycles. The summed E-state index contributed by atoms with van der Waals surface area (Å²) >= 11 is 5.73. The van der Waals surface area contributed by atoms with E-state index in [1.165, 1.54) is 0 Å². The first-order valence-corrected chi connectivity index (χ1v) is 3.37. The van der Waals surface area contributed by atoms with Crippen LogP contribution in [0.5, 0.6) is 0 Å². The Morgan fingerprint density at radius 3 is 2.10 bits per heavy atom. The van der Waals surface area contributed by atoms with Gasteiger partial charge in [0.1, 0.15) is 5.00 Å². The minimum absolute atomic E-state index is 0.830. The van der Waals surface area contributed by atoms with Gasteiger partial charge in [0, 0.05) is 0 Å². The van der Waals surface area contributed by atoms with Gasteiger partial charge in [0.25, 0.3) is 0 Å². The van der Waals surface area contributed by atoms with E-state index in [4.69, 9.17) is 17.3 Å². The lowest BCUT2D eigenvalue weighted by Gasteiger charge is -2.14. The largest absolute Gasteiger partial charge is 0.309 e. The zero-order valence-corrected chi connectivity index (χ0v) is 6.31. The Morgan fingerprint density at radius 2 is 1.80 bits per heavy atom. The Labute approximate surface area is 65.8 Å². The summed E-state index contributed by atoms with van der Waals surface area (Å²) in [6.07, 6.45) is 0. The summed E-state index contributed by atoms with van der Waals surface area (Å²) in [5.41, 5.74) is 6.34. The molecule has 1 aromatic rings. The number of rotatable bonds is 1. The predicted octanol–water partition coefficient (Wildman–Crippen LogP) is 1.87. The van der Waals surface area contributed by atoms with Gasteiger partial charge in [-0.2, -0.15) is 0 Å². The number of benzene rings is 1. The van der Waals surface area contributed by atoms with Gasteiger partial charge in [0.2, 0.25) is 0 Å². The molecule has 0 aliphatic rings. The molecule has 0 saturated carbocycles. The molecule has 0 amide bonds. The van der Waals surface area contributed by atoms with Crippen LogP contribution in [0.15, 0.2) is 30.3 Å². The molecule has 0 saturated heterocycles. The second kappa shape index (κ2) is 2.60. The molecule has 10 heavy (non-hydrogen) atoms. The van der Waals surface area contributed by atoms with E-state index >= 15 is 0 Å². The second-order valence-electron chi connectivity index (χ2n) is 2.23. The molecule has 1 nitrogen and oxygen atoms in total. The van der Waals surface area contributed by atoms with Crippen molar-refractivity contribution in [1.29, 1.82) is 0 Å². The Hall–Kier alpha value is -0.530. The standard InChI is InChI=1S/C8H9ClN/c1-8(9,10)7-5-3-2-4-6-7/h2-6H,1,10H2. The smallest absolute Gasteiger partial charge is 0.117 e. The van der Waals surface area contributed by atoms with Crippen LogP contribution < -0.4 is 5.73 Å². The number of nitrogens with two attached hydrogens (primary N) is 1. The fourth-order valence-electron chi connectivity index (χ4n) is 0.715. The van der Waals surface area contributed by atoms with Crippen LogP contribution in [-0.2, 0) is 5.00 Å². The van der Waals surface area contributed by atoms with E-state index in [0.717, 1.165) is 5.56 Å². The first-order valence-electron chi connectivity index (χ1n) is 2.99. The van der Waals surface area contributed by atoms with E-state index in [2.05, 4.69) is 6.92 Å². The topological polar surface area (TPSA) is 26.0 Å². The van der Waals surface area contributed by atoms with Gasteiger partial charge in [0.15, 0.2) is 0 Å². The maximum Gasteiger partial charge on any atom is 0.117 e. The Bertz CT molecular complexity index is 200. The van der Waals surface area contributed by atoms with E-state index in [0.29, 0.717) is 0 Å². The molecule has 0 bridgehead atoms. The van der Waals surface area contributed by atoms with E-state index in [1.807, 2.05) is 30.3 Å². The van der Waals surface area contributed by atoms with Crippen LogP contribution in [0.3, 0.4) is 0 Å². The molecule has 0 fully saturated rings. The van der Waals surface area contributed by atoms with E-state index in [9.17, 15) is 0 Å². The van der Waals surface area contributed by atoms with Gasteiger partial charge in [-0.05, 0) is 12.5 Å². The Kier molecular flexibility index (Phi) is 1.97. The number of hydrogen-bond donors (Lipinski definition) is 1. The third kappa shape index (κ3) is 1.72. The zero-order valence-electron chi connectivity index (χ0n) is 5.55. The highest BCUT2D eigenvalue weighted by molar-refractivity contribution is 6.24. The lowest BCUT2D eigenvalue weighted by molar-refractivity contribution is 0.806. The molecular formula is C8H9ClN. The zero-order chi connectivity index (χ0) is 7.61. The van der Waals surface area contributed by atoms with E-state index in [-0.39, 0.29) is 0 Å². The summed E-state index contributed by atoms with van der Waals surface area (Å²) in [5.74, 6) is 0. The number of halogens is 1. The Balaban J connectivity index is 2.97. The van der Waals surface area contributed by atoms with Crippen LogP contribution in [0.4, 0.5) is 0 Å². The molecule has 2 N–H and O–H groups in total. The van der Waals surface area contributed by atoms with Crippen molar-refractivity contribution in [3.8, 4) is 0 Å². The van der Waals surface area contributed by atoms with E-state index < -0.39 is 5.00 Å². The first kappa shape index (κ1) is 7.58. The van der Waals surface area contributed by atoms with Gasteiger partial charge in [-0.1, -0.05) is 41.9 Å². The lowest BCUT2D eigenvalue weighted by atomic mass is 10.1. The maximum atomic E-state index is 5.73. The minimum atomic E-state index is -0.985. The quantitative estimate of drug-likeness (QED) is 0.485. The highest BCUT2D eigenvalue weighted by Crippen LogP contribution is 2.20. The molecule has 1 atom stereocenters. The molecule has 53 valence electrons. The van der Waals surface area contributed by atoms with Crippen molar-refractivity contribution in [2.24, 2.45) is 5.73 Å². The van der Waals surface area contributed by atoms with Gasteiger partial charge in [0.05, 0.1) is 0 Å². The average molecular weight is 155 g/mol. The van der Waals surface area contributed by atoms with Crippen molar-refractivity contribution in [2.75, 3.05) is 0 Å². The molecule has 1 rings (SSSR count). The summed E-state index contributed by atoms with van der Waals surface area (Å²) in [7, 11) is 0. The summed E-state index contributed by atoms with van der Waals surface area (Å²) in [5, 5.41) is 0. The highest BCUT2D eigenvalue weighted by Gasteiger charge is 2.15. The normalized spacial score (nSPS) is 16.3. The molecule has 1 radical (unpaired) electrons. The first-order chi connectivity index (χ1) is 4.61. The SMILES string of the molecule is [CH2]C(N)(Cl)c1ccccc1.